The summed E-state index contributed by atoms with van der Waals surface area (Å²) in [5.41, 5.74) is 0.354. The van der Waals surface area contributed by atoms with Gasteiger partial charge in [0.15, 0.2) is 0 Å². The van der Waals surface area contributed by atoms with Crippen LogP contribution in [0.3, 0.4) is 0 Å². The minimum absolute atomic E-state index is 0.354. The lowest BCUT2D eigenvalue weighted by Crippen LogP contribution is -2.65. The van der Waals surface area contributed by atoms with E-state index in [-0.39, 0.29) is 0 Å². The molecule has 0 amide bonds. The van der Waals surface area contributed by atoms with Gasteiger partial charge in [-0.15, -0.1) is 0 Å². The second kappa shape index (κ2) is 7.24. The third-order valence-electron chi connectivity index (χ3n) is 5.25. The summed E-state index contributed by atoms with van der Waals surface area (Å²) >= 11 is 0. The van der Waals surface area contributed by atoms with E-state index in [0.29, 0.717) is 11.5 Å². The zero-order valence-electron chi connectivity index (χ0n) is 14.0. The molecule has 1 heterocycles. The first-order valence-electron chi connectivity index (χ1n) is 8.67. The van der Waals surface area contributed by atoms with Crippen molar-refractivity contribution < 1.29 is 4.74 Å². The van der Waals surface area contributed by atoms with Crippen LogP contribution in [0.1, 0.15) is 53.4 Å². The molecule has 118 valence electrons. The summed E-state index contributed by atoms with van der Waals surface area (Å²) in [6, 6.07) is 0.728. The van der Waals surface area contributed by atoms with Gasteiger partial charge < -0.3 is 10.1 Å². The van der Waals surface area contributed by atoms with Crippen molar-refractivity contribution in [1.82, 2.24) is 10.2 Å². The molecule has 1 aliphatic carbocycles. The van der Waals surface area contributed by atoms with Crippen LogP contribution < -0.4 is 5.32 Å². The number of piperazine rings is 1. The molecule has 1 atom stereocenters. The Morgan fingerprint density at radius 3 is 2.50 bits per heavy atom. The molecule has 1 saturated carbocycles. The van der Waals surface area contributed by atoms with Crippen LogP contribution in [0.15, 0.2) is 0 Å². The molecule has 2 rings (SSSR count). The van der Waals surface area contributed by atoms with Crippen LogP contribution in [0.5, 0.6) is 0 Å². The van der Waals surface area contributed by atoms with Crippen molar-refractivity contribution in [2.24, 2.45) is 11.8 Å². The fraction of sp³-hybridized carbons (Fsp3) is 1.00. The number of ether oxygens (including phenoxy) is 1. The molecule has 0 aromatic carbocycles. The molecule has 20 heavy (non-hydrogen) atoms. The van der Waals surface area contributed by atoms with Crippen molar-refractivity contribution in [3.63, 3.8) is 0 Å². The quantitative estimate of drug-likeness (QED) is 0.693. The van der Waals surface area contributed by atoms with E-state index in [1.54, 1.807) is 0 Å². The number of hydrogen-bond donors (Lipinski definition) is 1. The summed E-state index contributed by atoms with van der Waals surface area (Å²) in [7, 11) is 0. The Hall–Kier alpha value is -0.120. The second-order valence-corrected chi connectivity index (χ2v) is 7.17. The summed E-state index contributed by atoms with van der Waals surface area (Å²) in [4.78, 5) is 2.73. The van der Waals surface area contributed by atoms with E-state index in [0.717, 1.165) is 38.3 Å². The van der Waals surface area contributed by atoms with Crippen LogP contribution in [0.25, 0.3) is 0 Å². The van der Waals surface area contributed by atoms with Gasteiger partial charge >= 0.3 is 0 Å². The van der Waals surface area contributed by atoms with Gasteiger partial charge in [-0.3, -0.25) is 4.90 Å². The van der Waals surface area contributed by atoms with Crippen LogP contribution in [-0.2, 0) is 4.74 Å². The number of hydrogen-bond acceptors (Lipinski definition) is 3. The molecule has 0 aromatic heterocycles. The predicted molar refractivity (Wildman–Crippen MR) is 85.1 cm³/mol. The van der Waals surface area contributed by atoms with E-state index in [4.69, 9.17) is 4.74 Å². The van der Waals surface area contributed by atoms with E-state index in [2.05, 4.69) is 37.9 Å². The fourth-order valence-corrected chi connectivity index (χ4v) is 3.51. The van der Waals surface area contributed by atoms with Gasteiger partial charge in [0.1, 0.15) is 0 Å². The summed E-state index contributed by atoms with van der Waals surface area (Å²) in [5, 5.41) is 3.83. The minimum atomic E-state index is 0.354. The Balaban J connectivity index is 1.87. The first-order valence-corrected chi connectivity index (χ1v) is 8.67. The summed E-state index contributed by atoms with van der Waals surface area (Å²) in [6.07, 6.45) is 5.33. The molecule has 3 heteroatoms. The summed E-state index contributed by atoms with van der Waals surface area (Å²) in [5.74, 6) is 1.58. The average molecular weight is 282 g/mol. The van der Waals surface area contributed by atoms with Crippen LogP contribution >= 0.6 is 0 Å². The molecule has 1 aliphatic heterocycles. The van der Waals surface area contributed by atoms with Crippen molar-refractivity contribution >= 4 is 0 Å². The Bertz CT molecular complexity index is 285. The number of nitrogens with zero attached hydrogens (tertiary/aromatic N) is 1. The second-order valence-electron chi connectivity index (χ2n) is 7.17. The zero-order valence-corrected chi connectivity index (χ0v) is 14.0. The highest BCUT2D eigenvalue weighted by atomic mass is 16.5. The Labute approximate surface area is 125 Å². The third-order valence-corrected chi connectivity index (χ3v) is 5.25. The largest absolute Gasteiger partial charge is 0.380 e. The Morgan fingerprint density at radius 2 is 1.95 bits per heavy atom. The molecule has 0 aromatic rings. The van der Waals surface area contributed by atoms with Gasteiger partial charge in [-0.2, -0.15) is 0 Å². The summed E-state index contributed by atoms with van der Waals surface area (Å²) in [6.45, 7) is 14.4. The van der Waals surface area contributed by atoms with Crippen molar-refractivity contribution in [2.75, 3.05) is 32.8 Å². The SMILES string of the molecule is CCC1(CC)CNC(C2CC2)CN1CCOCC(C)C. The smallest absolute Gasteiger partial charge is 0.0593 e. The van der Waals surface area contributed by atoms with Crippen LogP contribution in [0, 0.1) is 11.8 Å². The van der Waals surface area contributed by atoms with Gasteiger partial charge in [0.2, 0.25) is 0 Å². The third kappa shape index (κ3) is 3.96. The monoisotopic (exact) mass is 282 g/mol. The van der Waals surface area contributed by atoms with Crippen LogP contribution in [0.2, 0.25) is 0 Å². The molecule has 2 aliphatic rings. The lowest BCUT2D eigenvalue weighted by atomic mass is 9.86. The van der Waals surface area contributed by atoms with E-state index in [1.807, 2.05) is 0 Å². The van der Waals surface area contributed by atoms with Gasteiger partial charge in [-0.05, 0) is 37.5 Å². The molecule has 1 N–H and O–H groups in total. The highest BCUT2D eigenvalue weighted by Gasteiger charge is 2.42. The molecule has 1 saturated heterocycles. The zero-order chi connectivity index (χ0) is 14.6. The molecule has 3 nitrogen and oxygen atoms in total. The minimum Gasteiger partial charge on any atom is -0.380 e. The highest BCUT2D eigenvalue weighted by Crippen LogP contribution is 2.37. The van der Waals surface area contributed by atoms with Crippen molar-refractivity contribution in [3.8, 4) is 0 Å². The van der Waals surface area contributed by atoms with Crippen molar-refractivity contribution in [3.05, 3.63) is 0 Å². The topological polar surface area (TPSA) is 24.5 Å². The van der Waals surface area contributed by atoms with Crippen LogP contribution in [0.4, 0.5) is 0 Å². The Kier molecular flexibility index (Phi) is 5.88. The summed E-state index contributed by atoms with van der Waals surface area (Å²) < 4.78 is 5.83. The molecule has 1 unspecified atom stereocenters. The van der Waals surface area contributed by atoms with E-state index in [9.17, 15) is 0 Å². The molecular weight excluding hydrogens is 248 g/mol. The van der Waals surface area contributed by atoms with Gasteiger partial charge in [-0.25, -0.2) is 0 Å². The van der Waals surface area contributed by atoms with Crippen molar-refractivity contribution in [1.29, 1.82) is 0 Å². The maximum atomic E-state index is 5.83. The van der Waals surface area contributed by atoms with Crippen molar-refractivity contribution in [2.45, 2.75) is 65.0 Å². The van der Waals surface area contributed by atoms with E-state index in [1.165, 1.54) is 32.2 Å². The normalized spacial score (nSPS) is 27.1. The lowest BCUT2D eigenvalue weighted by Gasteiger charge is -2.50. The standard InChI is InChI=1S/C17H34N2O/c1-5-17(6-2)13-18-16(15-7-8-15)11-19(17)9-10-20-12-14(3)4/h14-16,18H,5-13H2,1-4H3. The first-order chi connectivity index (χ1) is 9.61. The average Bonchev–Trinajstić information content (AvgIpc) is 3.28. The highest BCUT2D eigenvalue weighted by molar-refractivity contribution is 5.01. The maximum Gasteiger partial charge on any atom is 0.0593 e. The van der Waals surface area contributed by atoms with E-state index < -0.39 is 0 Å². The first kappa shape index (κ1) is 16.3. The molecule has 0 radical (unpaired) electrons. The number of nitrogens with one attached hydrogen (secondary N) is 1. The maximum absolute atomic E-state index is 5.83. The molecule has 2 fully saturated rings. The Morgan fingerprint density at radius 1 is 1.25 bits per heavy atom. The van der Waals surface area contributed by atoms with Gasteiger partial charge in [0.05, 0.1) is 6.61 Å². The molecule has 0 spiro atoms. The van der Waals surface area contributed by atoms with Gasteiger partial charge in [0, 0.05) is 37.8 Å². The molecule has 0 bridgehead atoms. The number of rotatable bonds is 8. The lowest BCUT2D eigenvalue weighted by molar-refractivity contribution is -0.00197. The van der Waals surface area contributed by atoms with E-state index >= 15 is 0 Å². The van der Waals surface area contributed by atoms with Gasteiger partial charge in [0.25, 0.3) is 0 Å². The predicted octanol–water partition coefficient (Wildman–Crippen LogP) is 2.90. The molecular formula is C17H34N2O. The van der Waals surface area contributed by atoms with Gasteiger partial charge in [-0.1, -0.05) is 27.7 Å². The fourth-order valence-electron chi connectivity index (χ4n) is 3.51. The van der Waals surface area contributed by atoms with Crippen LogP contribution in [-0.4, -0.2) is 49.3 Å².